The summed E-state index contributed by atoms with van der Waals surface area (Å²) in [5, 5.41) is 0. The number of fused-ring (bicyclic) bond motifs is 1. The third kappa shape index (κ3) is 3.24. The van der Waals surface area contributed by atoms with Gasteiger partial charge in [0.15, 0.2) is 0 Å². The molecule has 0 spiro atoms. The second-order valence-corrected chi connectivity index (χ2v) is 7.16. The summed E-state index contributed by atoms with van der Waals surface area (Å²) in [6, 6.07) is 6.22. The molecule has 1 aromatic heterocycles. The van der Waals surface area contributed by atoms with Crippen molar-refractivity contribution in [3.05, 3.63) is 29.6 Å². The lowest BCUT2D eigenvalue weighted by Crippen LogP contribution is -2.52. The molecule has 1 fully saturated rings. The number of nitrogens with one attached hydrogen (secondary N) is 1. The van der Waals surface area contributed by atoms with Gasteiger partial charge in [-0.15, -0.1) is 0 Å². The summed E-state index contributed by atoms with van der Waals surface area (Å²) in [4.78, 5) is 21.6. The van der Waals surface area contributed by atoms with Crippen LogP contribution in [-0.4, -0.2) is 39.7 Å². The molecular formula is C17H23N3O2. The number of aromatic nitrogens is 2. The third-order valence-corrected chi connectivity index (χ3v) is 3.78. The number of nitrogens with zero attached hydrogens (tertiary/aromatic N) is 2. The number of imidazole rings is 1. The minimum atomic E-state index is -0.432. The highest BCUT2D eigenvalue weighted by Gasteiger charge is 2.34. The molecule has 0 aliphatic carbocycles. The van der Waals surface area contributed by atoms with E-state index < -0.39 is 5.60 Å². The van der Waals surface area contributed by atoms with Gasteiger partial charge in [0.05, 0.1) is 11.0 Å². The molecule has 0 saturated carbocycles. The molecule has 3 rings (SSSR count). The van der Waals surface area contributed by atoms with E-state index in [-0.39, 0.29) is 6.09 Å². The molecule has 118 valence electrons. The predicted octanol–water partition coefficient (Wildman–Crippen LogP) is 3.28. The fraction of sp³-hybridized carbons (Fsp3) is 0.529. The molecule has 1 N–H and O–H groups in total. The molecule has 0 radical (unpaired) electrons. The van der Waals surface area contributed by atoms with Crippen LogP contribution in [0.4, 0.5) is 4.79 Å². The zero-order valence-electron chi connectivity index (χ0n) is 13.6. The normalized spacial score (nSPS) is 15.9. The summed E-state index contributed by atoms with van der Waals surface area (Å²) < 4.78 is 5.36. The van der Waals surface area contributed by atoms with Crippen LogP contribution >= 0.6 is 0 Å². The monoisotopic (exact) mass is 301 g/mol. The van der Waals surface area contributed by atoms with E-state index in [1.807, 2.05) is 26.8 Å². The number of carbonyl (C=O) groups is 1. The lowest BCUT2D eigenvalue weighted by Gasteiger charge is -2.39. The van der Waals surface area contributed by atoms with Crippen molar-refractivity contribution in [3.63, 3.8) is 0 Å². The number of rotatable bonds is 2. The zero-order chi connectivity index (χ0) is 15.9. The van der Waals surface area contributed by atoms with Crippen molar-refractivity contribution in [3.8, 4) is 0 Å². The summed E-state index contributed by atoms with van der Waals surface area (Å²) in [5.74, 6) is 1.45. The fourth-order valence-corrected chi connectivity index (χ4v) is 2.72. The van der Waals surface area contributed by atoms with E-state index in [0.717, 1.165) is 36.4 Å². The second kappa shape index (κ2) is 5.30. The first-order chi connectivity index (χ1) is 10.3. The molecule has 5 heteroatoms. The summed E-state index contributed by atoms with van der Waals surface area (Å²) in [5.41, 5.74) is 2.88. The molecule has 0 bridgehead atoms. The molecule has 1 aromatic carbocycles. The van der Waals surface area contributed by atoms with Gasteiger partial charge in [0.25, 0.3) is 0 Å². The Bertz CT molecular complexity index is 693. The SMILES string of the molecule is Cc1ccc2nc(CC3CN(C(=O)OC(C)(C)C)C3)[nH]c2c1. The van der Waals surface area contributed by atoms with Gasteiger partial charge in [-0.25, -0.2) is 9.78 Å². The summed E-state index contributed by atoms with van der Waals surface area (Å²) in [6.45, 7) is 9.22. The Morgan fingerprint density at radius 1 is 1.41 bits per heavy atom. The molecule has 1 saturated heterocycles. The van der Waals surface area contributed by atoms with E-state index in [1.54, 1.807) is 4.90 Å². The fourth-order valence-electron chi connectivity index (χ4n) is 2.72. The number of ether oxygens (including phenoxy) is 1. The Labute approximate surface area is 130 Å². The smallest absolute Gasteiger partial charge is 0.410 e. The number of benzene rings is 1. The van der Waals surface area contributed by atoms with E-state index in [0.29, 0.717) is 5.92 Å². The Kier molecular flexibility index (Phi) is 3.59. The Morgan fingerprint density at radius 3 is 2.82 bits per heavy atom. The highest BCUT2D eigenvalue weighted by atomic mass is 16.6. The molecule has 1 aliphatic rings. The van der Waals surface area contributed by atoms with E-state index in [2.05, 4.69) is 29.0 Å². The Balaban J connectivity index is 1.56. The maximum absolute atomic E-state index is 11.9. The van der Waals surface area contributed by atoms with Crippen LogP contribution in [0.3, 0.4) is 0 Å². The molecule has 5 nitrogen and oxygen atoms in total. The minimum absolute atomic E-state index is 0.219. The van der Waals surface area contributed by atoms with Crippen LogP contribution in [0.15, 0.2) is 18.2 Å². The van der Waals surface area contributed by atoms with Crippen molar-refractivity contribution in [1.82, 2.24) is 14.9 Å². The molecule has 0 unspecified atom stereocenters. The maximum atomic E-state index is 11.9. The largest absolute Gasteiger partial charge is 0.444 e. The number of aromatic amines is 1. The Hall–Kier alpha value is -2.04. The lowest BCUT2D eigenvalue weighted by molar-refractivity contribution is -0.00111. The minimum Gasteiger partial charge on any atom is -0.444 e. The van der Waals surface area contributed by atoms with E-state index in [4.69, 9.17) is 4.74 Å². The van der Waals surface area contributed by atoms with Crippen LogP contribution in [0, 0.1) is 12.8 Å². The highest BCUT2D eigenvalue weighted by Crippen LogP contribution is 2.23. The topological polar surface area (TPSA) is 58.2 Å². The molecule has 2 aromatic rings. The van der Waals surface area contributed by atoms with E-state index >= 15 is 0 Å². The first kappa shape index (κ1) is 14.9. The van der Waals surface area contributed by atoms with Gasteiger partial charge in [0.1, 0.15) is 11.4 Å². The van der Waals surface area contributed by atoms with Crippen molar-refractivity contribution in [1.29, 1.82) is 0 Å². The van der Waals surface area contributed by atoms with Crippen LogP contribution in [0.5, 0.6) is 0 Å². The highest BCUT2D eigenvalue weighted by molar-refractivity contribution is 5.75. The number of H-pyrrole nitrogens is 1. The van der Waals surface area contributed by atoms with Crippen LogP contribution in [-0.2, 0) is 11.2 Å². The van der Waals surface area contributed by atoms with Gasteiger partial charge in [-0.3, -0.25) is 0 Å². The van der Waals surface area contributed by atoms with Crippen LogP contribution < -0.4 is 0 Å². The molecule has 1 aliphatic heterocycles. The van der Waals surface area contributed by atoms with Gasteiger partial charge < -0.3 is 14.6 Å². The van der Waals surface area contributed by atoms with Gasteiger partial charge in [-0.05, 0) is 45.4 Å². The maximum Gasteiger partial charge on any atom is 0.410 e. The molecular weight excluding hydrogens is 278 g/mol. The first-order valence-electron chi connectivity index (χ1n) is 7.73. The number of amides is 1. The summed E-state index contributed by atoms with van der Waals surface area (Å²) >= 11 is 0. The molecule has 22 heavy (non-hydrogen) atoms. The number of hydrogen-bond donors (Lipinski definition) is 1. The molecule has 2 heterocycles. The Morgan fingerprint density at radius 2 is 2.14 bits per heavy atom. The predicted molar refractivity (Wildman–Crippen MR) is 85.8 cm³/mol. The third-order valence-electron chi connectivity index (χ3n) is 3.78. The van der Waals surface area contributed by atoms with Gasteiger partial charge in [-0.1, -0.05) is 6.07 Å². The summed E-state index contributed by atoms with van der Waals surface area (Å²) in [6.07, 6.45) is 0.650. The van der Waals surface area contributed by atoms with Crippen molar-refractivity contribution in [2.45, 2.75) is 39.7 Å². The first-order valence-corrected chi connectivity index (χ1v) is 7.73. The number of aryl methyl sites for hydroxylation is 1. The van der Waals surface area contributed by atoms with Crippen LogP contribution in [0.1, 0.15) is 32.2 Å². The molecule has 1 amide bonds. The zero-order valence-corrected chi connectivity index (χ0v) is 13.6. The standard InChI is InChI=1S/C17H23N3O2/c1-11-5-6-13-14(7-11)19-15(18-13)8-12-9-20(10-12)16(21)22-17(2,3)4/h5-7,12H,8-10H2,1-4H3,(H,18,19). The number of carbonyl (C=O) groups excluding carboxylic acids is 1. The van der Waals surface area contributed by atoms with Gasteiger partial charge in [-0.2, -0.15) is 0 Å². The van der Waals surface area contributed by atoms with Crippen LogP contribution in [0.2, 0.25) is 0 Å². The van der Waals surface area contributed by atoms with Crippen molar-refractivity contribution < 1.29 is 9.53 Å². The molecule has 0 atom stereocenters. The number of likely N-dealkylation sites (tertiary alicyclic amines) is 1. The van der Waals surface area contributed by atoms with Crippen molar-refractivity contribution in [2.24, 2.45) is 5.92 Å². The average Bonchev–Trinajstić information content (AvgIpc) is 2.72. The van der Waals surface area contributed by atoms with Gasteiger partial charge in [0.2, 0.25) is 0 Å². The summed E-state index contributed by atoms with van der Waals surface area (Å²) in [7, 11) is 0. The van der Waals surface area contributed by atoms with Crippen molar-refractivity contribution >= 4 is 17.1 Å². The lowest BCUT2D eigenvalue weighted by atomic mass is 9.97. The van der Waals surface area contributed by atoms with E-state index in [9.17, 15) is 4.79 Å². The average molecular weight is 301 g/mol. The van der Waals surface area contributed by atoms with Crippen molar-refractivity contribution in [2.75, 3.05) is 13.1 Å². The second-order valence-electron chi connectivity index (χ2n) is 7.16. The van der Waals surface area contributed by atoms with Gasteiger partial charge >= 0.3 is 6.09 Å². The number of hydrogen-bond acceptors (Lipinski definition) is 3. The quantitative estimate of drug-likeness (QED) is 0.926. The van der Waals surface area contributed by atoms with Gasteiger partial charge in [0, 0.05) is 25.4 Å². The van der Waals surface area contributed by atoms with Crippen LogP contribution in [0.25, 0.3) is 11.0 Å². The van der Waals surface area contributed by atoms with E-state index in [1.165, 1.54) is 5.56 Å².